The van der Waals surface area contributed by atoms with Crippen LogP contribution >= 0.6 is 11.8 Å². The maximum atomic E-state index is 13.4. The van der Waals surface area contributed by atoms with Crippen molar-refractivity contribution in [3.05, 3.63) is 89.7 Å². The van der Waals surface area contributed by atoms with E-state index in [9.17, 15) is 23.9 Å². The fourth-order valence-electron chi connectivity index (χ4n) is 3.67. The highest BCUT2D eigenvalue weighted by atomic mass is 32.2. The molecule has 1 unspecified atom stereocenters. The minimum absolute atomic E-state index is 0.0356. The molecule has 8 nitrogen and oxygen atoms in total. The Morgan fingerprint density at radius 2 is 1.86 bits per heavy atom. The smallest absolute Gasteiger partial charge is 0.335 e. The van der Waals surface area contributed by atoms with E-state index in [2.05, 4.69) is 10.3 Å². The standard InChI is InChI=1S/C27H24FN3O5S/c1-36-22-11-5-17(6-12-22)13-14-31-24(32)16-23(37-27(31)30-20-9-7-19(28)8-10-20)25(33)29-21-4-2-3-18(15-21)26(34)35/h2-12,15,23H,13-14,16H2,1H3,(H,29,33)(H,34,35). The lowest BCUT2D eigenvalue weighted by atomic mass is 10.1. The van der Waals surface area contributed by atoms with Gasteiger partial charge < -0.3 is 15.2 Å². The number of nitrogens with one attached hydrogen (secondary N) is 1. The first-order valence-corrected chi connectivity index (χ1v) is 12.3. The number of ether oxygens (including phenoxy) is 1. The molecular formula is C27H24FN3O5S. The Bertz CT molecular complexity index is 1330. The molecule has 190 valence electrons. The monoisotopic (exact) mass is 521 g/mol. The lowest BCUT2D eigenvalue weighted by molar-refractivity contribution is -0.129. The van der Waals surface area contributed by atoms with Crippen molar-refractivity contribution in [2.75, 3.05) is 19.0 Å². The van der Waals surface area contributed by atoms with E-state index in [1.54, 1.807) is 13.2 Å². The van der Waals surface area contributed by atoms with E-state index in [1.165, 1.54) is 47.4 Å². The molecule has 0 spiro atoms. The molecule has 1 aliphatic rings. The summed E-state index contributed by atoms with van der Waals surface area (Å²) in [5.41, 5.74) is 1.80. The highest BCUT2D eigenvalue weighted by Crippen LogP contribution is 2.30. The van der Waals surface area contributed by atoms with Crippen molar-refractivity contribution in [1.82, 2.24) is 4.90 Å². The number of aromatic carboxylic acids is 1. The van der Waals surface area contributed by atoms with E-state index in [0.29, 0.717) is 29.5 Å². The van der Waals surface area contributed by atoms with Crippen LogP contribution in [-0.2, 0) is 16.0 Å². The Labute approximate surface area is 217 Å². The summed E-state index contributed by atoms with van der Waals surface area (Å²) in [5, 5.41) is 11.4. The van der Waals surface area contributed by atoms with Gasteiger partial charge in [-0.2, -0.15) is 0 Å². The molecule has 10 heteroatoms. The average molecular weight is 522 g/mol. The van der Waals surface area contributed by atoms with E-state index < -0.39 is 22.9 Å². The second-order valence-electron chi connectivity index (χ2n) is 8.20. The Balaban J connectivity index is 1.54. The van der Waals surface area contributed by atoms with Crippen LogP contribution in [0.4, 0.5) is 15.8 Å². The van der Waals surface area contributed by atoms with Crippen molar-refractivity contribution in [3.63, 3.8) is 0 Å². The van der Waals surface area contributed by atoms with E-state index >= 15 is 0 Å². The molecule has 0 bridgehead atoms. The van der Waals surface area contributed by atoms with E-state index in [0.717, 1.165) is 23.1 Å². The molecule has 4 rings (SSSR count). The zero-order valence-corrected chi connectivity index (χ0v) is 20.7. The molecule has 2 amide bonds. The van der Waals surface area contributed by atoms with E-state index in [4.69, 9.17) is 4.74 Å². The van der Waals surface area contributed by atoms with Gasteiger partial charge in [0.25, 0.3) is 0 Å². The summed E-state index contributed by atoms with van der Waals surface area (Å²) in [6, 6.07) is 18.9. The van der Waals surface area contributed by atoms with Gasteiger partial charge in [0.1, 0.15) is 16.8 Å². The molecular weight excluding hydrogens is 497 g/mol. The van der Waals surface area contributed by atoms with Gasteiger partial charge in [0.2, 0.25) is 11.8 Å². The lowest BCUT2D eigenvalue weighted by Crippen LogP contribution is -2.46. The molecule has 1 aliphatic heterocycles. The molecule has 1 heterocycles. The Kier molecular flexibility index (Phi) is 8.19. The molecule has 0 aromatic heterocycles. The number of aliphatic imine (C=N–C) groups is 1. The van der Waals surface area contributed by atoms with Gasteiger partial charge in [0.05, 0.1) is 18.4 Å². The average Bonchev–Trinajstić information content (AvgIpc) is 2.89. The number of thioether (sulfide) groups is 1. The van der Waals surface area contributed by atoms with Gasteiger partial charge >= 0.3 is 5.97 Å². The molecule has 0 radical (unpaired) electrons. The first kappa shape index (κ1) is 25.9. The summed E-state index contributed by atoms with van der Waals surface area (Å²) in [5.74, 6) is -1.50. The number of amidine groups is 1. The predicted molar refractivity (Wildman–Crippen MR) is 140 cm³/mol. The van der Waals surface area contributed by atoms with Gasteiger partial charge in [-0.15, -0.1) is 0 Å². The first-order valence-electron chi connectivity index (χ1n) is 11.4. The fraction of sp³-hybridized carbons (Fsp3) is 0.185. The number of carboxylic acid groups (broad SMARTS) is 1. The van der Waals surface area contributed by atoms with E-state index in [1.807, 2.05) is 24.3 Å². The minimum atomic E-state index is -1.11. The summed E-state index contributed by atoms with van der Waals surface area (Å²) < 4.78 is 18.6. The quantitative estimate of drug-likeness (QED) is 0.444. The number of hydrogen-bond acceptors (Lipinski definition) is 6. The second-order valence-corrected chi connectivity index (χ2v) is 9.37. The first-order chi connectivity index (χ1) is 17.8. The molecule has 0 aliphatic carbocycles. The highest BCUT2D eigenvalue weighted by molar-refractivity contribution is 8.15. The van der Waals surface area contributed by atoms with Crippen LogP contribution < -0.4 is 10.1 Å². The SMILES string of the molecule is COc1ccc(CCN2C(=O)CC(C(=O)Nc3cccc(C(=O)O)c3)SC2=Nc2ccc(F)cc2)cc1. The molecule has 1 atom stereocenters. The number of halogens is 1. The van der Waals surface area contributed by atoms with Gasteiger partial charge in [-0.25, -0.2) is 14.2 Å². The van der Waals surface area contributed by atoms with Gasteiger partial charge in [0.15, 0.2) is 5.17 Å². The molecule has 37 heavy (non-hydrogen) atoms. The van der Waals surface area contributed by atoms with Crippen molar-refractivity contribution in [1.29, 1.82) is 0 Å². The van der Waals surface area contributed by atoms with Crippen LogP contribution in [0.5, 0.6) is 5.75 Å². The van der Waals surface area contributed by atoms with Crippen LogP contribution in [0.15, 0.2) is 77.8 Å². The van der Waals surface area contributed by atoms with Crippen molar-refractivity contribution < 1.29 is 28.6 Å². The zero-order valence-electron chi connectivity index (χ0n) is 19.9. The summed E-state index contributed by atoms with van der Waals surface area (Å²) >= 11 is 1.13. The third-order valence-corrected chi connectivity index (χ3v) is 6.83. The molecule has 3 aromatic rings. The maximum Gasteiger partial charge on any atom is 0.335 e. The summed E-state index contributed by atoms with van der Waals surface area (Å²) in [6.07, 6.45) is 0.498. The largest absolute Gasteiger partial charge is 0.497 e. The molecule has 1 saturated heterocycles. The van der Waals surface area contributed by atoms with Crippen molar-refractivity contribution in [2.24, 2.45) is 4.99 Å². The van der Waals surface area contributed by atoms with Crippen molar-refractivity contribution >= 4 is 46.1 Å². The van der Waals surface area contributed by atoms with Crippen LogP contribution in [0, 0.1) is 5.82 Å². The van der Waals surface area contributed by atoms with Crippen molar-refractivity contribution in [3.8, 4) is 5.75 Å². The van der Waals surface area contributed by atoms with Crippen LogP contribution in [0.1, 0.15) is 22.3 Å². The number of carboxylic acids is 1. The van der Waals surface area contributed by atoms with Crippen LogP contribution in [0.2, 0.25) is 0 Å². The molecule has 1 fully saturated rings. The normalized spacial score (nSPS) is 16.5. The maximum absolute atomic E-state index is 13.4. The van der Waals surface area contributed by atoms with Crippen molar-refractivity contribution in [2.45, 2.75) is 18.1 Å². The number of amides is 2. The van der Waals surface area contributed by atoms with Crippen LogP contribution in [-0.4, -0.2) is 51.9 Å². The number of methoxy groups -OCH3 is 1. The highest BCUT2D eigenvalue weighted by Gasteiger charge is 2.35. The number of carbonyl (C=O) groups excluding carboxylic acids is 2. The van der Waals surface area contributed by atoms with E-state index in [-0.39, 0.29) is 17.9 Å². The topological polar surface area (TPSA) is 108 Å². The summed E-state index contributed by atoms with van der Waals surface area (Å²) in [4.78, 5) is 43.5. The molecule has 2 N–H and O–H groups in total. The molecule has 0 saturated carbocycles. The number of rotatable bonds is 8. The van der Waals surface area contributed by atoms with Gasteiger partial charge in [-0.3, -0.25) is 14.5 Å². The number of anilines is 1. The minimum Gasteiger partial charge on any atom is -0.497 e. The second kappa shape index (κ2) is 11.7. The van der Waals surface area contributed by atoms with Crippen LogP contribution in [0.3, 0.4) is 0 Å². The summed E-state index contributed by atoms with van der Waals surface area (Å²) in [7, 11) is 1.59. The Morgan fingerprint density at radius 1 is 1.14 bits per heavy atom. The third-order valence-electron chi connectivity index (χ3n) is 5.64. The third kappa shape index (κ3) is 6.73. The number of carbonyl (C=O) groups is 3. The number of hydrogen-bond donors (Lipinski definition) is 2. The number of benzene rings is 3. The zero-order chi connectivity index (χ0) is 26.4. The number of nitrogens with zero attached hydrogens (tertiary/aromatic N) is 2. The Morgan fingerprint density at radius 3 is 2.54 bits per heavy atom. The summed E-state index contributed by atoms with van der Waals surface area (Å²) in [6.45, 7) is 0.340. The van der Waals surface area contributed by atoms with Gasteiger partial charge in [-0.05, 0) is 66.6 Å². The van der Waals surface area contributed by atoms with Gasteiger partial charge in [0, 0.05) is 18.7 Å². The predicted octanol–water partition coefficient (Wildman–Crippen LogP) is 4.74. The molecule has 3 aromatic carbocycles. The Hall–Kier alpha value is -4.18. The van der Waals surface area contributed by atoms with Crippen LogP contribution in [0.25, 0.3) is 0 Å². The fourth-order valence-corrected chi connectivity index (χ4v) is 4.80. The van der Waals surface area contributed by atoms with Gasteiger partial charge in [-0.1, -0.05) is 30.0 Å². The lowest BCUT2D eigenvalue weighted by Gasteiger charge is -2.32.